The lowest BCUT2D eigenvalue weighted by Crippen LogP contribution is -2.40. The van der Waals surface area contributed by atoms with Gasteiger partial charge in [0.2, 0.25) is 5.91 Å². The highest BCUT2D eigenvalue weighted by molar-refractivity contribution is 5.81. The molecule has 15 heavy (non-hydrogen) atoms. The smallest absolute Gasteiger partial charge is 0.236 e. The molecule has 0 saturated carbocycles. The van der Waals surface area contributed by atoms with E-state index in [1.54, 1.807) is 14.1 Å². The number of hydrogen-bond acceptors (Lipinski definition) is 3. The lowest BCUT2D eigenvalue weighted by atomic mass is 10.1. The van der Waals surface area contributed by atoms with Crippen molar-refractivity contribution in [2.45, 2.75) is 25.3 Å². The van der Waals surface area contributed by atoms with Gasteiger partial charge in [0.15, 0.2) is 5.96 Å². The number of nitrogens with zero attached hydrogens (tertiary/aromatic N) is 1. The molecular formula is C9H21N5O. The number of guanidine groups is 1. The summed E-state index contributed by atoms with van der Waals surface area (Å²) in [5.74, 6) is 0.130. The Hall–Kier alpha value is -1.30. The molecule has 6 N–H and O–H groups in total. The van der Waals surface area contributed by atoms with Gasteiger partial charge in [0, 0.05) is 13.6 Å². The fourth-order valence-corrected chi connectivity index (χ4v) is 1.25. The molecule has 0 aliphatic carbocycles. The van der Waals surface area contributed by atoms with Crippen LogP contribution in [0.15, 0.2) is 4.99 Å². The van der Waals surface area contributed by atoms with Crippen molar-refractivity contribution in [3.63, 3.8) is 0 Å². The van der Waals surface area contributed by atoms with Crippen molar-refractivity contribution in [3.8, 4) is 0 Å². The number of unbranched alkanes of at least 4 members (excludes halogenated alkanes) is 1. The first-order valence-electron chi connectivity index (χ1n) is 5.06. The third kappa shape index (κ3) is 6.73. The molecule has 0 spiro atoms. The van der Waals surface area contributed by atoms with Crippen molar-refractivity contribution < 1.29 is 4.79 Å². The van der Waals surface area contributed by atoms with Gasteiger partial charge in [-0.05, 0) is 26.3 Å². The zero-order valence-corrected chi connectivity index (χ0v) is 9.42. The maximum atomic E-state index is 11.3. The van der Waals surface area contributed by atoms with Gasteiger partial charge in [-0.25, -0.2) is 0 Å². The molecule has 0 radical (unpaired) electrons. The van der Waals surface area contributed by atoms with E-state index in [4.69, 9.17) is 11.5 Å². The highest BCUT2D eigenvalue weighted by Crippen LogP contribution is 2.01. The van der Waals surface area contributed by atoms with Crippen LogP contribution in [0, 0.1) is 0 Å². The van der Waals surface area contributed by atoms with Gasteiger partial charge in [0.1, 0.15) is 0 Å². The maximum absolute atomic E-state index is 11.3. The second kappa shape index (κ2) is 8.05. The summed E-state index contributed by atoms with van der Waals surface area (Å²) >= 11 is 0. The average Bonchev–Trinajstić information content (AvgIpc) is 2.22. The van der Waals surface area contributed by atoms with E-state index in [-0.39, 0.29) is 17.9 Å². The zero-order chi connectivity index (χ0) is 11.7. The molecule has 0 aromatic carbocycles. The van der Waals surface area contributed by atoms with Gasteiger partial charge < -0.3 is 22.1 Å². The van der Waals surface area contributed by atoms with Gasteiger partial charge in [-0.3, -0.25) is 9.79 Å². The molecular weight excluding hydrogens is 194 g/mol. The van der Waals surface area contributed by atoms with Crippen molar-refractivity contribution in [1.82, 2.24) is 10.6 Å². The standard InChI is InChI=1S/C9H21N5O/c1-12-7(8(15)13-2)5-3-4-6-14-9(10)11/h7,12H,3-6H2,1-2H3,(H,13,15)(H4,10,11,14). The van der Waals surface area contributed by atoms with Gasteiger partial charge in [0.05, 0.1) is 6.04 Å². The van der Waals surface area contributed by atoms with Crippen molar-refractivity contribution in [3.05, 3.63) is 0 Å². The fraction of sp³-hybridized carbons (Fsp3) is 0.778. The first-order chi connectivity index (χ1) is 7.11. The molecule has 88 valence electrons. The summed E-state index contributed by atoms with van der Waals surface area (Å²) in [5, 5.41) is 5.56. The molecule has 0 fully saturated rings. The molecule has 0 aromatic rings. The Balaban J connectivity index is 3.64. The number of aliphatic imine (C=N–C) groups is 1. The predicted molar refractivity (Wildman–Crippen MR) is 61.4 cm³/mol. The third-order valence-electron chi connectivity index (χ3n) is 2.11. The summed E-state index contributed by atoms with van der Waals surface area (Å²) in [5.41, 5.74) is 10.4. The number of carbonyl (C=O) groups is 1. The molecule has 0 aliphatic heterocycles. The van der Waals surface area contributed by atoms with Crippen molar-refractivity contribution >= 4 is 11.9 Å². The molecule has 1 atom stereocenters. The van der Waals surface area contributed by atoms with E-state index in [1.807, 2.05) is 0 Å². The summed E-state index contributed by atoms with van der Waals surface area (Å²) in [6.45, 7) is 0.618. The predicted octanol–water partition coefficient (Wildman–Crippen LogP) is -1.24. The number of carbonyl (C=O) groups excluding carboxylic acids is 1. The summed E-state index contributed by atoms with van der Waals surface area (Å²) < 4.78 is 0. The quantitative estimate of drug-likeness (QED) is 0.242. The second-order valence-electron chi connectivity index (χ2n) is 3.26. The molecule has 1 unspecified atom stereocenters. The third-order valence-corrected chi connectivity index (χ3v) is 2.11. The fourth-order valence-electron chi connectivity index (χ4n) is 1.25. The van der Waals surface area contributed by atoms with Crippen LogP contribution in [0.4, 0.5) is 0 Å². The van der Waals surface area contributed by atoms with E-state index in [0.717, 1.165) is 19.3 Å². The van der Waals surface area contributed by atoms with Crippen LogP contribution in [0.2, 0.25) is 0 Å². The molecule has 0 bridgehead atoms. The number of nitrogens with two attached hydrogens (primary N) is 2. The number of likely N-dealkylation sites (N-methyl/N-ethyl adjacent to an activating group) is 2. The summed E-state index contributed by atoms with van der Waals surface area (Å²) in [6.07, 6.45) is 2.58. The van der Waals surface area contributed by atoms with E-state index in [9.17, 15) is 4.79 Å². The van der Waals surface area contributed by atoms with Gasteiger partial charge >= 0.3 is 0 Å². The first-order valence-corrected chi connectivity index (χ1v) is 5.06. The lowest BCUT2D eigenvalue weighted by Gasteiger charge is -2.13. The zero-order valence-electron chi connectivity index (χ0n) is 9.42. The summed E-state index contributed by atoms with van der Waals surface area (Å²) in [4.78, 5) is 15.1. The first kappa shape index (κ1) is 13.7. The van der Waals surface area contributed by atoms with E-state index in [0.29, 0.717) is 6.54 Å². The number of hydrogen-bond donors (Lipinski definition) is 4. The van der Waals surface area contributed by atoms with Crippen LogP contribution in [-0.4, -0.2) is 38.5 Å². The average molecular weight is 215 g/mol. The highest BCUT2D eigenvalue weighted by atomic mass is 16.2. The number of nitrogens with one attached hydrogen (secondary N) is 2. The Labute approximate surface area is 90.5 Å². The van der Waals surface area contributed by atoms with Crippen LogP contribution in [0.5, 0.6) is 0 Å². The normalized spacial score (nSPS) is 11.9. The molecule has 0 rings (SSSR count). The van der Waals surface area contributed by atoms with Gasteiger partial charge in [-0.1, -0.05) is 0 Å². The molecule has 0 aromatic heterocycles. The van der Waals surface area contributed by atoms with Crippen molar-refractivity contribution in [2.24, 2.45) is 16.5 Å². The molecule has 6 nitrogen and oxygen atoms in total. The van der Waals surface area contributed by atoms with Crippen LogP contribution in [0.3, 0.4) is 0 Å². The maximum Gasteiger partial charge on any atom is 0.236 e. The Morgan fingerprint density at radius 2 is 2.00 bits per heavy atom. The Morgan fingerprint density at radius 1 is 1.33 bits per heavy atom. The largest absolute Gasteiger partial charge is 0.370 e. The lowest BCUT2D eigenvalue weighted by molar-refractivity contribution is -0.122. The molecule has 0 aliphatic rings. The van der Waals surface area contributed by atoms with Crippen LogP contribution in [-0.2, 0) is 4.79 Å². The van der Waals surface area contributed by atoms with Gasteiger partial charge in [0.25, 0.3) is 0 Å². The van der Waals surface area contributed by atoms with Crippen LogP contribution in [0.25, 0.3) is 0 Å². The second-order valence-corrected chi connectivity index (χ2v) is 3.26. The Bertz CT molecular complexity index is 213. The summed E-state index contributed by atoms with van der Waals surface area (Å²) in [6, 6.07) is -0.130. The monoisotopic (exact) mass is 215 g/mol. The van der Waals surface area contributed by atoms with Crippen LogP contribution >= 0.6 is 0 Å². The number of amides is 1. The van der Waals surface area contributed by atoms with Crippen molar-refractivity contribution in [1.29, 1.82) is 0 Å². The van der Waals surface area contributed by atoms with E-state index in [1.165, 1.54) is 0 Å². The molecule has 1 amide bonds. The van der Waals surface area contributed by atoms with Crippen LogP contribution in [0.1, 0.15) is 19.3 Å². The van der Waals surface area contributed by atoms with Gasteiger partial charge in [-0.2, -0.15) is 0 Å². The Kier molecular flexibility index (Phi) is 7.35. The van der Waals surface area contributed by atoms with Crippen molar-refractivity contribution in [2.75, 3.05) is 20.6 Å². The molecule has 0 heterocycles. The Morgan fingerprint density at radius 3 is 2.47 bits per heavy atom. The minimum Gasteiger partial charge on any atom is -0.370 e. The molecule has 6 heteroatoms. The molecule has 0 saturated heterocycles. The van der Waals surface area contributed by atoms with Crippen LogP contribution < -0.4 is 22.1 Å². The highest BCUT2D eigenvalue weighted by Gasteiger charge is 2.13. The van der Waals surface area contributed by atoms with E-state index in [2.05, 4.69) is 15.6 Å². The topological polar surface area (TPSA) is 106 Å². The number of rotatable bonds is 7. The SMILES string of the molecule is CNC(=O)C(CCCCN=C(N)N)NC. The van der Waals surface area contributed by atoms with E-state index >= 15 is 0 Å². The minimum atomic E-state index is -0.130. The minimum absolute atomic E-state index is 0.0133. The summed E-state index contributed by atoms with van der Waals surface area (Å²) in [7, 11) is 3.40. The van der Waals surface area contributed by atoms with Gasteiger partial charge in [-0.15, -0.1) is 0 Å². The van der Waals surface area contributed by atoms with E-state index < -0.39 is 0 Å².